The van der Waals surface area contributed by atoms with E-state index in [-0.39, 0.29) is 5.41 Å². The molecular weight excluding hydrogens is 256 g/mol. The zero-order valence-corrected chi connectivity index (χ0v) is 11.5. The summed E-state index contributed by atoms with van der Waals surface area (Å²) in [6, 6.07) is 7.98. The standard InChI is InChI=1S/C20H14O/c21-17-9-6-13-10-12-20-11-2-1-3-15(20)7-4-14-5-8-16(17)18(13)19(14)20/h1-10,12,21H,11H2. The van der Waals surface area contributed by atoms with Gasteiger partial charge in [-0.05, 0) is 40.1 Å². The van der Waals surface area contributed by atoms with E-state index < -0.39 is 0 Å². The molecule has 0 aromatic heterocycles. The average molecular weight is 270 g/mol. The first kappa shape index (κ1) is 11.2. The van der Waals surface area contributed by atoms with Gasteiger partial charge in [0.05, 0.1) is 0 Å². The number of phenols is 1. The molecular formula is C20H14O. The number of rotatable bonds is 0. The summed E-state index contributed by atoms with van der Waals surface area (Å²) in [6.07, 6.45) is 16.6. The van der Waals surface area contributed by atoms with Crippen LogP contribution in [0, 0.1) is 0 Å². The van der Waals surface area contributed by atoms with Gasteiger partial charge in [0.25, 0.3) is 0 Å². The first-order valence-corrected chi connectivity index (χ1v) is 7.33. The Balaban J connectivity index is 2.02. The molecule has 0 heterocycles. The Bertz CT molecular complexity index is 924. The van der Waals surface area contributed by atoms with E-state index in [1.54, 1.807) is 6.07 Å². The molecule has 1 heteroatoms. The number of benzene rings is 2. The summed E-state index contributed by atoms with van der Waals surface area (Å²) in [4.78, 5) is 0. The van der Waals surface area contributed by atoms with Crippen LogP contribution in [0.1, 0.15) is 23.1 Å². The van der Waals surface area contributed by atoms with E-state index in [1.165, 1.54) is 27.6 Å². The second kappa shape index (κ2) is 3.56. The van der Waals surface area contributed by atoms with E-state index >= 15 is 0 Å². The summed E-state index contributed by atoms with van der Waals surface area (Å²) in [5, 5.41) is 12.4. The maximum atomic E-state index is 10.2. The average Bonchev–Trinajstić information content (AvgIpc) is 2.53. The molecule has 1 spiro atoms. The lowest BCUT2D eigenvalue weighted by atomic mass is 9.62. The topological polar surface area (TPSA) is 20.2 Å². The van der Waals surface area contributed by atoms with Crippen LogP contribution < -0.4 is 0 Å². The predicted octanol–water partition coefficient (Wildman–Crippen LogP) is 4.72. The van der Waals surface area contributed by atoms with Gasteiger partial charge in [-0.3, -0.25) is 0 Å². The quantitative estimate of drug-likeness (QED) is 0.734. The van der Waals surface area contributed by atoms with E-state index in [2.05, 4.69) is 48.6 Å². The molecule has 1 N–H and O–H groups in total. The van der Waals surface area contributed by atoms with E-state index in [0.717, 1.165) is 11.8 Å². The molecule has 3 aliphatic rings. The maximum Gasteiger partial charge on any atom is 0.123 e. The third-order valence-corrected chi connectivity index (χ3v) is 5.03. The van der Waals surface area contributed by atoms with Crippen molar-refractivity contribution in [3.63, 3.8) is 0 Å². The summed E-state index contributed by atoms with van der Waals surface area (Å²) in [5.74, 6) is 0.369. The SMILES string of the molecule is Oc1ccc2c3c4c(ccc13)C=CC1=CC=CCC14C=C2. The van der Waals surface area contributed by atoms with Crippen LogP contribution in [0.5, 0.6) is 5.75 Å². The van der Waals surface area contributed by atoms with Crippen LogP contribution in [0.2, 0.25) is 0 Å². The van der Waals surface area contributed by atoms with Crippen molar-refractivity contribution in [2.45, 2.75) is 11.8 Å². The minimum absolute atomic E-state index is 0.0564. The van der Waals surface area contributed by atoms with E-state index in [1.807, 2.05) is 12.1 Å². The highest BCUT2D eigenvalue weighted by atomic mass is 16.3. The predicted molar refractivity (Wildman–Crippen MR) is 87.2 cm³/mol. The van der Waals surface area contributed by atoms with Gasteiger partial charge in [0.1, 0.15) is 5.75 Å². The lowest BCUT2D eigenvalue weighted by molar-refractivity contribution is 0.481. The second-order valence-electron chi connectivity index (χ2n) is 6.02. The van der Waals surface area contributed by atoms with E-state index in [4.69, 9.17) is 0 Å². The Kier molecular flexibility index (Phi) is 1.89. The van der Waals surface area contributed by atoms with Crippen molar-refractivity contribution < 1.29 is 5.11 Å². The molecule has 1 unspecified atom stereocenters. The van der Waals surface area contributed by atoms with Gasteiger partial charge in [0.2, 0.25) is 0 Å². The molecule has 21 heavy (non-hydrogen) atoms. The Hall–Kier alpha value is -2.54. The molecule has 1 nitrogen and oxygen atoms in total. The van der Waals surface area contributed by atoms with Crippen LogP contribution in [0.4, 0.5) is 0 Å². The van der Waals surface area contributed by atoms with Crippen molar-refractivity contribution in [1.29, 1.82) is 0 Å². The first-order valence-electron chi connectivity index (χ1n) is 7.33. The fourth-order valence-corrected chi connectivity index (χ4v) is 4.03. The minimum Gasteiger partial charge on any atom is -0.507 e. The van der Waals surface area contributed by atoms with Crippen LogP contribution in [0.25, 0.3) is 22.9 Å². The summed E-state index contributed by atoms with van der Waals surface area (Å²) >= 11 is 0. The summed E-state index contributed by atoms with van der Waals surface area (Å²) in [7, 11) is 0. The van der Waals surface area contributed by atoms with Crippen molar-refractivity contribution in [2.75, 3.05) is 0 Å². The van der Waals surface area contributed by atoms with Crippen LogP contribution >= 0.6 is 0 Å². The lowest BCUT2D eigenvalue weighted by Crippen LogP contribution is -2.31. The van der Waals surface area contributed by atoms with Gasteiger partial charge in [0, 0.05) is 10.8 Å². The summed E-state index contributed by atoms with van der Waals surface area (Å²) in [6.45, 7) is 0. The lowest BCUT2D eigenvalue weighted by Gasteiger charge is -2.40. The Morgan fingerprint density at radius 1 is 0.952 bits per heavy atom. The highest BCUT2D eigenvalue weighted by Crippen LogP contribution is 2.52. The van der Waals surface area contributed by atoms with Gasteiger partial charge >= 0.3 is 0 Å². The maximum absolute atomic E-state index is 10.2. The first-order chi connectivity index (χ1) is 10.3. The van der Waals surface area contributed by atoms with Gasteiger partial charge in [-0.2, -0.15) is 0 Å². The molecule has 0 saturated carbocycles. The van der Waals surface area contributed by atoms with Crippen LogP contribution in [-0.4, -0.2) is 5.11 Å². The molecule has 2 aromatic rings. The molecule has 0 bridgehead atoms. The van der Waals surface area contributed by atoms with Gasteiger partial charge in [-0.25, -0.2) is 0 Å². The number of allylic oxidation sites excluding steroid dienone is 6. The van der Waals surface area contributed by atoms with Gasteiger partial charge in [-0.15, -0.1) is 0 Å². The molecule has 3 aliphatic carbocycles. The molecule has 0 aliphatic heterocycles. The molecule has 0 fully saturated rings. The molecule has 100 valence electrons. The minimum atomic E-state index is -0.0564. The van der Waals surface area contributed by atoms with Crippen LogP contribution in [-0.2, 0) is 5.41 Å². The van der Waals surface area contributed by atoms with Crippen LogP contribution in [0.15, 0.2) is 60.2 Å². The number of hydrogen-bond donors (Lipinski definition) is 1. The molecule has 1 atom stereocenters. The van der Waals surface area contributed by atoms with Crippen molar-refractivity contribution in [3.8, 4) is 5.75 Å². The largest absolute Gasteiger partial charge is 0.507 e. The molecule has 0 saturated heterocycles. The van der Waals surface area contributed by atoms with Gasteiger partial charge in [0.15, 0.2) is 0 Å². The van der Waals surface area contributed by atoms with Gasteiger partial charge < -0.3 is 5.11 Å². The van der Waals surface area contributed by atoms with Crippen molar-refractivity contribution in [3.05, 3.63) is 76.9 Å². The zero-order chi connectivity index (χ0) is 14.0. The Morgan fingerprint density at radius 3 is 2.81 bits per heavy atom. The van der Waals surface area contributed by atoms with E-state index in [0.29, 0.717) is 5.75 Å². The molecule has 2 aromatic carbocycles. The Labute approximate surface area is 123 Å². The normalized spacial score (nSPS) is 24.1. The second-order valence-corrected chi connectivity index (χ2v) is 6.02. The van der Waals surface area contributed by atoms with E-state index in [9.17, 15) is 5.11 Å². The van der Waals surface area contributed by atoms with Crippen LogP contribution in [0.3, 0.4) is 0 Å². The van der Waals surface area contributed by atoms with Crippen molar-refractivity contribution >= 4 is 22.9 Å². The molecule has 5 rings (SSSR count). The summed E-state index contributed by atoms with van der Waals surface area (Å²) < 4.78 is 0. The highest BCUT2D eigenvalue weighted by molar-refractivity contribution is 6.03. The fourth-order valence-electron chi connectivity index (χ4n) is 4.03. The smallest absolute Gasteiger partial charge is 0.123 e. The fraction of sp³-hybridized carbons (Fsp3) is 0.100. The third-order valence-electron chi connectivity index (χ3n) is 5.03. The summed E-state index contributed by atoms with van der Waals surface area (Å²) in [5.41, 5.74) is 5.11. The van der Waals surface area contributed by atoms with Gasteiger partial charge in [-0.1, -0.05) is 60.7 Å². The number of hydrogen-bond acceptors (Lipinski definition) is 1. The number of phenolic OH excluding ortho intramolecular Hbond substituents is 1. The highest BCUT2D eigenvalue weighted by Gasteiger charge is 2.39. The zero-order valence-electron chi connectivity index (χ0n) is 11.5. The monoisotopic (exact) mass is 270 g/mol. The number of aromatic hydroxyl groups is 1. The van der Waals surface area contributed by atoms with Crippen molar-refractivity contribution in [1.82, 2.24) is 0 Å². The van der Waals surface area contributed by atoms with Crippen molar-refractivity contribution in [2.24, 2.45) is 0 Å². The Morgan fingerprint density at radius 2 is 1.86 bits per heavy atom. The molecule has 0 radical (unpaired) electrons. The molecule has 0 amide bonds. The third kappa shape index (κ3) is 1.22.